The molecule has 200 valence electrons. The molecule has 0 saturated carbocycles. The Kier molecular flexibility index (Phi) is 11.0. The van der Waals surface area contributed by atoms with Crippen molar-refractivity contribution in [3.8, 4) is 28.4 Å². The molecule has 3 rings (SSSR count). The zero-order valence-electron chi connectivity index (χ0n) is 21.9. The largest absolute Gasteiger partial charge is 0.491 e. The fraction of sp³-hybridized carbons (Fsp3) is 0.467. The van der Waals surface area contributed by atoms with E-state index >= 15 is 0 Å². The Morgan fingerprint density at radius 1 is 1.00 bits per heavy atom. The van der Waals surface area contributed by atoms with Gasteiger partial charge in [-0.3, -0.25) is 4.79 Å². The smallest absolute Gasteiger partial charge is 0.338 e. The molecule has 7 heteroatoms. The van der Waals surface area contributed by atoms with Gasteiger partial charge in [0.05, 0.1) is 19.8 Å². The minimum atomic E-state index is -0.585. The summed E-state index contributed by atoms with van der Waals surface area (Å²) in [5, 5.41) is 0. The van der Waals surface area contributed by atoms with Gasteiger partial charge in [-0.25, -0.2) is 9.18 Å². The lowest BCUT2D eigenvalue weighted by molar-refractivity contribution is -0.150. The third kappa shape index (κ3) is 8.92. The second-order valence-electron chi connectivity index (χ2n) is 9.49. The predicted molar refractivity (Wildman–Crippen MR) is 140 cm³/mol. The Morgan fingerprint density at radius 2 is 1.70 bits per heavy atom. The molecule has 1 fully saturated rings. The zero-order valence-corrected chi connectivity index (χ0v) is 21.9. The number of esters is 2. The van der Waals surface area contributed by atoms with Crippen molar-refractivity contribution < 1.29 is 32.9 Å². The van der Waals surface area contributed by atoms with E-state index in [0.29, 0.717) is 49.5 Å². The number of hydrogen-bond acceptors (Lipinski definition) is 6. The fourth-order valence-corrected chi connectivity index (χ4v) is 3.96. The minimum Gasteiger partial charge on any atom is -0.491 e. The highest BCUT2D eigenvalue weighted by atomic mass is 19.1. The number of ether oxygens (including phenoxy) is 4. The van der Waals surface area contributed by atoms with Gasteiger partial charge in [-0.2, -0.15) is 0 Å². The van der Waals surface area contributed by atoms with Crippen LogP contribution in [-0.2, 0) is 14.3 Å². The summed E-state index contributed by atoms with van der Waals surface area (Å²) in [5.74, 6) is -0.381. The van der Waals surface area contributed by atoms with Crippen molar-refractivity contribution in [2.24, 2.45) is 5.92 Å². The second kappa shape index (κ2) is 14.4. The van der Waals surface area contributed by atoms with Crippen LogP contribution in [0.2, 0.25) is 0 Å². The van der Waals surface area contributed by atoms with Gasteiger partial charge < -0.3 is 18.9 Å². The van der Waals surface area contributed by atoms with E-state index in [0.717, 1.165) is 12.8 Å². The third-order valence-corrected chi connectivity index (χ3v) is 6.23. The van der Waals surface area contributed by atoms with Crippen molar-refractivity contribution in [2.45, 2.75) is 65.2 Å². The topological polar surface area (TPSA) is 71.1 Å². The molecule has 1 unspecified atom stereocenters. The Balaban J connectivity index is 1.67. The van der Waals surface area contributed by atoms with Crippen LogP contribution in [0.25, 0.3) is 11.1 Å². The van der Waals surface area contributed by atoms with Crippen LogP contribution < -0.4 is 14.2 Å². The normalized spacial score (nSPS) is 15.1. The van der Waals surface area contributed by atoms with Crippen LogP contribution in [0.5, 0.6) is 17.2 Å². The molecular formula is C30H37FO6. The van der Waals surface area contributed by atoms with Crippen LogP contribution >= 0.6 is 0 Å². The second-order valence-corrected chi connectivity index (χ2v) is 9.49. The molecule has 1 aliphatic heterocycles. The molecule has 1 saturated heterocycles. The molecule has 2 aromatic rings. The maximum Gasteiger partial charge on any atom is 0.338 e. The van der Waals surface area contributed by atoms with Gasteiger partial charge in [-0.15, -0.1) is 0 Å². The Hall–Kier alpha value is -3.35. The number of halogens is 1. The van der Waals surface area contributed by atoms with Crippen LogP contribution in [0.1, 0.15) is 65.2 Å². The van der Waals surface area contributed by atoms with E-state index in [1.807, 2.05) is 0 Å². The van der Waals surface area contributed by atoms with Crippen molar-refractivity contribution in [3.05, 3.63) is 54.4 Å². The van der Waals surface area contributed by atoms with Crippen molar-refractivity contribution in [2.75, 3.05) is 19.8 Å². The Labute approximate surface area is 218 Å². The highest BCUT2D eigenvalue weighted by Gasteiger charge is 2.22. The lowest BCUT2D eigenvalue weighted by Gasteiger charge is -2.22. The third-order valence-electron chi connectivity index (χ3n) is 6.23. The average Bonchev–Trinajstić information content (AvgIpc) is 2.89. The van der Waals surface area contributed by atoms with E-state index in [1.165, 1.54) is 31.7 Å². The SMILES string of the molecule is C=C(C)C(=O)Oc1cc(-c2ccc(OCCCCCCCC)c(F)c2)ccc1OCC1CCC(=O)OC1. The highest BCUT2D eigenvalue weighted by Crippen LogP contribution is 2.35. The minimum absolute atomic E-state index is 0.0556. The van der Waals surface area contributed by atoms with Crippen molar-refractivity contribution in [1.29, 1.82) is 0 Å². The molecule has 1 heterocycles. The van der Waals surface area contributed by atoms with Gasteiger partial charge in [0.15, 0.2) is 23.1 Å². The first-order valence-corrected chi connectivity index (χ1v) is 13.1. The summed E-state index contributed by atoms with van der Waals surface area (Å²) >= 11 is 0. The number of carbonyl (C=O) groups is 2. The van der Waals surface area contributed by atoms with Gasteiger partial charge in [0.2, 0.25) is 0 Å². The number of cyclic esters (lactones) is 1. The summed E-state index contributed by atoms with van der Waals surface area (Å²) in [6, 6.07) is 9.91. The fourth-order valence-electron chi connectivity index (χ4n) is 3.96. The van der Waals surface area contributed by atoms with E-state index in [4.69, 9.17) is 18.9 Å². The van der Waals surface area contributed by atoms with Crippen LogP contribution in [0.15, 0.2) is 48.6 Å². The molecule has 0 N–H and O–H groups in total. The Bertz CT molecular complexity index is 1070. The Morgan fingerprint density at radius 3 is 2.38 bits per heavy atom. The predicted octanol–water partition coefficient (Wildman–Crippen LogP) is 7.05. The zero-order chi connectivity index (χ0) is 26.6. The number of unbranched alkanes of at least 4 members (excludes halogenated alkanes) is 5. The van der Waals surface area contributed by atoms with Crippen LogP contribution in [0, 0.1) is 11.7 Å². The molecule has 0 spiro atoms. The van der Waals surface area contributed by atoms with Crippen molar-refractivity contribution >= 4 is 11.9 Å². The van der Waals surface area contributed by atoms with Gasteiger partial charge in [0, 0.05) is 17.9 Å². The van der Waals surface area contributed by atoms with Crippen LogP contribution in [0.4, 0.5) is 4.39 Å². The number of hydrogen-bond donors (Lipinski definition) is 0. The van der Waals surface area contributed by atoms with Crippen molar-refractivity contribution in [3.63, 3.8) is 0 Å². The summed E-state index contributed by atoms with van der Waals surface area (Å²) in [7, 11) is 0. The number of rotatable bonds is 14. The van der Waals surface area contributed by atoms with E-state index in [2.05, 4.69) is 13.5 Å². The summed E-state index contributed by atoms with van der Waals surface area (Å²) in [5.41, 5.74) is 1.51. The van der Waals surface area contributed by atoms with Crippen molar-refractivity contribution in [1.82, 2.24) is 0 Å². The van der Waals surface area contributed by atoms with Gasteiger partial charge >= 0.3 is 11.9 Å². The van der Waals surface area contributed by atoms with Gasteiger partial charge in [-0.1, -0.05) is 57.7 Å². The number of benzene rings is 2. The molecule has 6 nitrogen and oxygen atoms in total. The molecule has 0 amide bonds. The summed E-state index contributed by atoms with van der Waals surface area (Å²) in [4.78, 5) is 23.5. The monoisotopic (exact) mass is 512 g/mol. The maximum atomic E-state index is 14.8. The first kappa shape index (κ1) is 28.2. The quantitative estimate of drug-likeness (QED) is 0.117. The molecule has 37 heavy (non-hydrogen) atoms. The molecule has 1 atom stereocenters. The average molecular weight is 513 g/mol. The summed E-state index contributed by atoms with van der Waals surface area (Å²) in [6.45, 7) is 8.46. The maximum absolute atomic E-state index is 14.8. The van der Waals surface area contributed by atoms with E-state index in [1.54, 1.807) is 37.3 Å². The van der Waals surface area contributed by atoms with E-state index < -0.39 is 11.8 Å². The molecular weight excluding hydrogens is 475 g/mol. The van der Waals surface area contributed by atoms with E-state index in [9.17, 15) is 14.0 Å². The van der Waals surface area contributed by atoms with E-state index in [-0.39, 0.29) is 29.0 Å². The number of carbonyl (C=O) groups excluding carboxylic acids is 2. The summed E-state index contributed by atoms with van der Waals surface area (Å²) in [6.07, 6.45) is 7.85. The molecule has 1 aliphatic rings. The molecule has 0 aromatic heterocycles. The lowest BCUT2D eigenvalue weighted by atomic mass is 10.0. The van der Waals surface area contributed by atoms with Crippen LogP contribution in [0.3, 0.4) is 0 Å². The molecule has 0 aliphatic carbocycles. The molecule has 0 bridgehead atoms. The van der Waals surface area contributed by atoms with Gasteiger partial charge in [-0.05, 0) is 55.2 Å². The highest BCUT2D eigenvalue weighted by molar-refractivity contribution is 5.89. The molecule has 2 aromatic carbocycles. The van der Waals surface area contributed by atoms with Gasteiger partial charge in [0.1, 0.15) is 0 Å². The first-order valence-electron chi connectivity index (χ1n) is 13.1. The molecule has 0 radical (unpaired) electrons. The lowest BCUT2D eigenvalue weighted by Crippen LogP contribution is -2.26. The first-order chi connectivity index (χ1) is 17.9. The standard InChI is InChI=1S/C30H37FO6/c1-4-5-6-7-8-9-16-34-26-13-11-23(17-25(26)31)24-12-14-27(28(18-24)37-30(33)21(2)3)35-19-22-10-15-29(32)36-20-22/h11-14,17-18,22H,2,4-10,15-16,19-20H2,1,3H3. The summed E-state index contributed by atoms with van der Waals surface area (Å²) < 4.78 is 37.0. The van der Waals surface area contributed by atoms with Crippen LogP contribution in [-0.4, -0.2) is 31.8 Å². The van der Waals surface area contributed by atoms with Gasteiger partial charge in [0.25, 0.3) is 0 Å².